The first-order valence-corrected chi connectivity index (χ1v) is 15.9. The van der Waals surface area contributed by atoms with E-state index < -0.39 is 0 Å². The van der Waals surface area contributed by atoms with Gasteiger partial charge in [-0.25, -0.2) is 9.97 Å². The third-order valence-corrected chi connectivity index (χ3v) is 8.74. The monoisotopic (exact) mass is 598 g/mol. The Balaban J connectivity index is 1.39. The number of hydrogen-bond donors (Lipinski definition) is 0. The van der Waals surface area contributed by atoms with E-state index in [9.17, 15) is 0 Å². The molecule has 230 valence electrons. The van der Waals surface area contributed by atoms with Gasteiger partial charge in [-0.15, -0.1) is 0 Å². The Bertz CT molecular complexity index is 2090. The first kappa shape index (κ1) is 29.0. The molecule has 0 fully saturated rings. The van der Waals surface area contributed by atoms with Crippen molar-refractivity contribution in [1.29, 1.82) is 0 Å². The minimum absolute atomic E-state index is 0.0119. The van der Waals surface area contributed by atoms with Crippen molar-refractivity contribution in [2.75, 3.05) is 18.6 Å². The van der Waals surface area contributed by atoms with Crippen LogP contribution in [-0.4, -0.2) is 37.6 Å². The number of para-hydroxylation sites is 1. The molecule has 5 heterocycles. The molecule has 0 atom stereocenters. The highest BCUT2D eigenvalue weighted by Gasteiger charge is 2.24. The maximum absolute atomic E-state index is 6.74. The van der Waals surface area contributed by atoms with E-state index in [-0.39, 0.29) is 5.41 Å². The summed E-state index contributed by atoms with van der Waals surface area (Å²) in [7, 11) is 2.08. The van der Waals surface area contributed by atoms with E-state index in [0.29, 0.717) is 11.8 Å². The zero-order chi connectivity index (χ0) is 31.6. The van der Waals surface area contributed by atoms with Gasteiger partial charge in [0.05, 0.1) is 35.3 Å². The lowest BCUT2D eigenvalue weighted by molar-refractivity contribution is 0.478. The molecule has 2 aromatic carbocycles. The molecule has 0 unspecified atom stereocenters. The molecule has 0 saturated heterocycles. The molecule has 6 aromatic rings. The minimum Gasteiger partial charge on any atom is -0.456 e. The number of fused-ring (bicyclic) bond motifs is 4. The zero-order valence-electron chi connectivity index (χ0n) is 27.5. The summed E-state index contributed by atoms with van der Waals surface area (Å²) in [4.78, 5) is 14.4. The molecule has 7 nitrogen and oxygen atoms in total. The highest BCUT2D eigenvalue weighted by atomic mass is 16.5. The van der Waals surface area contributed by atoms with E-state index in [1.54, 1.807) is 0 Å². The molecule has 1 aliphatic heterocycles. The lowest BCUT2D eigenvalue weighted by Gasteiger charge is -2.20. The van der Waals surface area contributed by atoms with Crippen LogP contribution in [0.5, 0.6) is 11.5 Å². The number of benzene rings is 2. The van der Waals surface area contributed by atoms with Gasteiger partial charge in [-0.05, 0) is 53.1 Å². The number of rotatable bonds is 6. The van der Waals surface area contributed by atoms with Crippen molar-refractivity contribution >= 4 is 33.1 Å². The van der Waals surface area contributed by atoms with Crippen LogP contribution < -0.4 is 9.64 Å². The van der Waals surface area contributed by atoms with Gasteiger partial charge in [-0.2, -0.15) is 0 Å². The van der Waals surface area contributed by atoms with Crippen molar-refractivity contribution in [3.8, 4) is 17.3 Å². The molecular weight excluding hydrogens is 556 g/mol. The molecule has 0 spiro atoms. The summed E-state index contributed by atoms with van der Waals surface area (Å²) in [6.07, 6.45) is 8.22. The zero-order valence-corrected chi connectivity index (χ0v) is 27.5. The van der Waals surface area contributed by atoms with Crippen LogP contribution in [0.15, 0.2) is 85.5 Å². The fourth-order valence-electron chi connectivity index (χ4n) is 6.49. The Morgan fingerprint density at radius 1 is 0.822 bits per heavy atom. The molecule has 0 radical (unpaired) electrons. The smallest absolute Gasteiger partial charge is 0.161 e. The van der Waals surface area contributed by atoms with Crippen LogP contribution >= 0.6 is 0 Å². The average molecular weight is 599 g/mol. The molecule has 45 heavy (non-hydrogen) atoms. The number of anilines is 1. The fourth-order valence-corrected chi connectivity index (χ4v) is 6.49. The van der Waals surface area contributed by atoms with Gasteiger partial charge in [-0.1, -0.05) is 66.7 Å². The van der Waals surface area contributed by atoms with Crippen molar-refractivity contribution < 1.29 is 4.74 Å². The first-order valence-electron chi connectivity index (χ1n) is 15.9. The van der Waals surface area contributed by atoms with Crippen LogP contribution in [0.4, 0.5) is 5.69 Å². The van der Waals surface area contributed by atoms with E-state index in [1.807, 2.05) is 6.20 Å². The lowest BCUT2D eigenvalue weighted by Crippen LogP contribution is -2.22. The summed E-state index contributed by atoms with van der Waals surface area (Å²) in [5.41, 5.74) is 7.78. The molecule has 0 amide bonds. The number of nitrogens with zero attached hydrogens (tertiary/aromatic N) is 6. The molecule has 0 bridgehead atoms. The summed E-state index contributed by atoms with van der Waals surface area (Å²) in [5.74, 6) is 3.06. The summed E-state index contributed by atoms with van der Waals surface area (Å²) >= 11 is 0. The topological polar surface area (TPSA) is 50.8 Å². The normalized spacial score (nSPS) is 13.9. The quantitative estimate of drug-likeness (QED) is 0.191. The van der Waals surface area contributed by atoms with Crippen LogP contribution in [0.25, 0.3) is 33.3 Å². The lowest BCUT2D eigenvalue weighted by atomic mass is 9.88. The SMILES string of the molecule is CC(C)c1nc2c(N3C=CN(C)C3)cc(Oc3ccc4c5ccccc5n(-c5cc(C(C)(C)C)ccn5)c4c3)cn2c1C(C)C. The second kappa shape index (κ2) is 10.7. The van der Waals surface area contributed by atoms with E-state index in [1.165, 1.54) is 22.0 Å². The maximum atomic E-state index is 6.74. The molecule has 7 heteroatoms. The molecule has 7 rings (SSSR count). The molecule has 0 N–H and O–H groups in total. The van der Waals surface area contributed by atoms with E-state index in [4.69, 9.17) is 14.7 Å². The van der Waals surface area contributed by atoms with Crippen LogP contribution in [-0.2, 0) is 5.41 Å². The number of imidazole rings is 1. The molecular formula is C38H42N6O. The van der Waals surface area contributed by atoms with Gasteiger partial charge >= 0.3 is 0 Å². The Labute approximate surface area is 265 Å². The Morgan fingerprint density at radius 3 is 2.31 bits per heavy atom. The number of ether oxygens (including phenoxy) is 1. The molecule has 4 aromatic heterocycles. The van der Waals surface area contributed by atoms with Gasteiger partial charge in [0.25, 0.3) is 0 Å². The third-order valence-electron chi connectivity index (χ3n) is 8.74. The van der Waals surface area contributed by atoms with Gasteiger partial charge in [-0.3, -0.25) is 8.97 Å². The minimum atomic E-state index is 0.0119. The van der Waals surface area contributed by atoms with Gasteiger partial charge in [0.1, 0.15) is 17.3 Å². The highest BCUT2D eigenvalue weighted by molar-refractivity contribution is 6.09. The second-order valence-corrected chi connectivity index (χ2v) is 13.9. The number of hydrogen-bond acceptors (Lipinski definition) is 5. The van der Waals surface area contributed by atoms with Crippen LogP contribution in [0.1, 0.15) is 77.3 Å². The fraction of sp³-hybridized carbons (Fsp3) is 0.316. The first-order chi connectivity index (χ1) is 21.5. The average Bonchev–Trinajstić information content (AvgIpc) is 3.70. The predicted molar refractivity (Wildman–Crippen MR) is 185 cm³/mol. The van der Waals surface area contributed by atoms with Gasteiger partial charge < -0.3 is 14.5 Å². The van der Waals surface area contributed by atoms with Crippen molar-refractivity contribution in [3.63, 3.8) is 0 Å². The van der Waals surface area contributed by atoms with Gasteiger partial charge in [0.2, 0.25) is 0 Å². The summed E-state index contributed by atoms with van der Waals surface area (Å²) in [5, 5.41) is 2.36. The van der Waals surface area contributed by atoms with Crippen molar-refractivity contribution in [2.45, 2.75) is 65.7 Å². The van der Waals surface area contributed by atoms with E-state index >= 15 is 0 Å². The molecule has 0 saturated carbocycles. The van der Waals surface area contributed by atoms with Crippen molar-refractivity contribution in [3.05, 3.63) is 102 Å². The van der Waals surface area contributed by atoms with E-state index in [2.05, 4.69) is 154 Å². The summed E-state index contributed by atoms with van der Waals surface area (Å²) in [6.45, 7) is 16.4. The van der Waals surface area contributed by atoms with E-state index in [0.717, 1.165) is 52.0 Å². The van der Waals surface area contributed by atoms with Crippen LogP contribution in [0, 0.1) is 0 Å². The number of aromatic nitrogens is 4. The second-order valence-electron chi connectivity index (χ2n) is 13.9. The number of pyridine rings is 2. The Hall–Kier alpha value is -4.78. The maximum Gasteiger partial charge on any atom is 0.161 e. The molecule has 1 aliphatic rings. The van der Waals surface area contributed by atoms with Crippen molar-refractivity contribution in [1.82, 2.24) is 23.8 Å². The largest absolute Gasteiger partial charge is 0.456 e. The third kappa shape index (κ3) is 5.00. The van der Waals surface area contributed by atoms with Crippen LogP contribution in [0.2, 0.25) is 0 Å². The van der Waals surface area contributed by atoms with Crippen molar-refractivity contribution in [2.24, 2.45) is 0 Å². The predicted octanol–water partition coefficient (Wildman–Crippen LogP) is 9.34. The summed E-state index contributed by atoms with van der Waals surface area (Å²) < 4.78 is 11.2. The van der Waals surface area contributed by atoms with Gasteiger partial charge in [0.15, 0.2) is 5.65 Å². The Kier molecular flexibility index (Phi) is 6.88. The van der Waals surface area contributed by atoms with Crippen LogP contribution in [0.3, 0.4) is 0 Å². The summed E-state index contributed by atoms with van der Waals surface area (Å²) in [6, 6.07) is 21.4. The molecule has 0 aliphatic carbocycles. The van der Waals surface area contributed by atoms with Gasteiger partial charge in [0, 0.05) is 54.2 Å². The Morgan fingerprint density at radius 2 is 1.60 bits per heavy atom. The highest BCUT2D eigenvalue weighted by Crippen LogP contribution is 2.39. The standard InChI is InChI=1S/C38H42N6O/c1-24(2)35-36(25(3)4)43-22-28(21-33(37(43)40-35)42-18-17-41(8)23-42)45-27-13-14-30-29-11-9-10-12-31(29)44(32(30)20-27)34-19-26(15-16-39-34)38(5,6)7/h9-22,24-25H,23H2,1-8H3.